The largest absolute Gasteiger partial charge is 0.472 e. The Morgan fingerprint density at radius 3 is 2.89 bits per heavy atom. The van der Waals surface area contributed by atoms with E-state index >= 15 is 0 Å². The number of rotatable bonds is 2. The lowest BCUT2D eigenvalue weighted by Gasteiger charge is -2.33. The predicted octanol–water partition coefficient (Wildman–Crippen LogP) is 2.47. The zero-order chi connectivity index (χ0) is 12.7. The summed E-state index contributed by atoms with van der Waals surface area (Å²) in [6, 6.07) is 6.14. The van der Waals surface area contributed by atoms with E-state index < -0.39 is 0 Å². The molecular weight excluding hydrogens is 238 g/mol. The topological polar surface area (TPSA) is 42.2 Å². The van der Waals surface area contributed by atoms with Gasteiger partial charge < -0.3 is 9.32 Å². The standard InChI is InChI=1S/C15H17N3O/c1-5-15(6-8-18(7-1)11-15)14-3-2-13(16-17-14)12-4-9-19-10-12/h2-4,9-10H,1,5-8,11H2/t15-/m0/s1. The quantitative estimate of drug-likeness (QED) is 0.826. The molecular formula is C15H17N3O. The van der Waals surface area contributed by atoms with E-state index in [9.17, 15) is 0 Å². The van der Waals surface area contributed by atoms with Crippen molar-refractivity contribution in [1.82, 2.24) is 15.1 Å². The monoisotopic (exact) mass is 255 g/mol. The Kier molecular flexibility index (Phi) is 2.45. The van der Waals surface area contributed by atoms with Crippen LogP contribution in [0.3, 0.4) is 0 Å². The molecule has 0 N–H and O–H groups in total. The first-order chi connectivity index (χ1) is 9.36. The summed E-state index contributed by atoms with van der Waals surface area (Å²) in [6.07, 6.45) is 7.14. The van der Waals surface area contributed by atoms with Crippen molar-refractivity contribution < 1.29 is 4.42 Å². The van der Waals surface area contributed by atoms with Gasteiger partial charge in [-0.1, -0.05) is 0 Å². The van der Waals surface area contributed by atoms with Gasteiger partial charge in [-0.2, -0.15) is 10.2 Å². The Morgan fingerprint density at radius 1 is 1.11 bits per heavy atom. The van der Waals surface area contributed by atoms with Crippen LogP contribution in [0.25, 0.3) is 11.3 Å². The molecule has 2 aromatic heterocycles. The number of nitrogens with zero attached hydrogens (tertiary/aromatic N) is 3. The van der Waals surface area contributed by atoms with Crippen LogP contribution in [0.5, 0.6) is 0 Å². The fourth-order valence-corrected chi connectivity index (χ4v) is 3.51. The Labute approximate surface area is 112 Å². The Hall–Kier alpha value is -1.68. The maximum absolute atomic E-state index is 5.09. The first kappa shape index (κ1) is 11.2. The summed E-state index contributed by atoms with van der Waals surface area (Å²) in [5.41, 5.74) is 3.31. The molecule has 2 aromatic rings. The second-order valence-corrected chi connectivity index (χ2v) is 5.73. The molecule has 2 aliphatic heterocycles. The molecule has 2 aliphatic rings. The minimum absolute atomic E-state index is 0.264. The van der Waals surface area contributed by atoms with Crippen molar-refractivity contribution in [3.8, 4) is 11.3 Å². The smallest absolute Gasteiger partial charge is 0.0997 e. The summed E-state index contributed by atoms with van der Waals surface area (Å²) in [7, 11) is 0. The summed E-state index contributed by atoms with van der Waals surface area (Å²) in [4.78, 5) is 2.55. The van der Waals surface area contributed by atoms with Crippen molar-refractivity contribution in [2.75, 3.05) is 19.6 Å². The maximum Gasteiger partial charge on any atom is 0.0997 e. The highest BCUT2D eigenvalue weighted by molar-refractivity contribution is 5.56. The van der Waals surface area contributed by atoms with Crippen LogP contribution in [0.15, 0.2) is 35.1 Å². The molecule has 4 nitrogen and oxygen atoms in total. The number of fused-ring (bicyclic) bond motifs is 2. The average molecular weight is 255 g/mol. The van der Waals surface area contributed by atoms with Gasteiger partial charge in [0, 0.05) is 17.5 Å². The number of hydrogen-bond acceptors (Lipinski definition) is 4. The summed E-state index contributed by atoms with van der Waals surface area (Å²) in [5.74, 6) is 0. The first-order valence-electron chi connectivity index (χ1n) is 6.95. The summed E-state index contributed by atoms with van der Waals surface area (Å²) in [6.45, 7) is 3.63. The number of piperidine rings is 1. The lowest BCUT2D eigenvalue weighted by atomic mass is 9.78. The molecule has 0 amide bonds. The summed E-state index contributed by atoms with van der Waals surface area (Å²) in [5, 5.41) is 8.89. The number of hydrogen-bond donors (Lipinski definition) is 0. The molecule has 0 radical (unpaired) electrons. The maximum atomic E-state index is 5.09. The van der Waals surface area contributed by atoms with Gasteiger partial charge in [0.05, 0.1) is 23.9 Å². The molecule has 4 heteroatoms. The van der Waals surface area contributed by atoms with E-state index in [0.29, 0.717) is 0 Å². The first-order valence-corrected chi connectivity index (χ1v) is 6.95. The van der Waals surface area contributed by atoms with Crippen molar-refractivity contribution >= 4 is 0 Å². The molecule has 0 saturated carbocycles. The Balaban J connectivity index is 1.66. The normalized spacial score (nSPS) is 29.6. The van der Waals surface area contributed by atoms with Crippen LogP contribution in [0.2, 0.25) is 0 Å². The van der Waals surface area contributed by atoms with Gasteiger partial charge in [-0.15, -0.1) is 0 Å². The van der Waals surface area contributed by atoms with Crippen molar-refractivity contribution in [3.05, 3.63) is 36.4 Å². The van der Waals surface area contributed by atoms with Crippen molar-refractivity contribution in [1.29, 1.82) is 0 Å². The van der Waals surface area contributed by atoms with Crippen molar-refractivity contribution in [3.63, 3.8) is 0 Å². The van der Waals surface area contributed by atoms with Gasteiger partial charge in [0.25, 0.3) is 0 Å². The average Bonchev–Trinajstić information content (AvgIpc) is 3.09. The number of furan rings is 1. The lowest BCUT2D eigenvalue weighted by molar-refractivity contribution is 0.239. The molecule has 0 spiro atoms. The Morgan fingerprint density at radius 2 is 2.11 bits per heavy atom. The van der Waals surface area contributed by atoms with E-state index in [2.05, 4.69) is 27.2 Å². The predicted molar refractivity (Wildman–Crippen MR) is 71.7 cm³/mol. The molecule has 4 rings (SSSR count). The molecule has 2 atom stereocenters. The minimum Gasteiger partial charge on any atom is -0.472 e. The van der Waals surface area contributed by atoms with Crippen LogP contribution >= 0.6 is 0 Å². The molecule has 1 unspecified atom stereocenters. The van der Waals surface area contributed by atoms with Crippen LogP contribution in [-0.4, -0.2) is 34.7 Å². The fourth-order valence-electron chi connectivity index (χ4n) is 3.51. The van der Waals surface area contributed by atoms with Crippen LogP contribution < -0.4 is 0 Å². The molecule has 0 aromatic carbocycles. The van der Waals surface area contributed by atoms with Gasteiger partial charge >= 0.3 is 0 Å². The van der Waals surface area contributed by atoms with E-state index in [1.807, 2.05) is 6.07 Å². The second kappa shape index (κ2) is 4.17. The van der Waals surface area contributed by atoms with Gasteiger partial charge in [0.1, 0.15) is 0 Å². The molecule has 4 heterocycles. The summed E-state index contributed by atoms with van der Waals surface area (Å²) >= 11 is 0. The van der Waals surface area contributed by atoms with Gasteiger partial charge in [-0.3, -0.25) is 0 Å². The highest BCUT2D eigenvalue weighted by Gasteiger charge is 2.43. The van der Waals surface area contributed by atoms with E-state index in [-0.39, 0.29) is 5.41 Å². The van der Waals surface area contributed by atoms with Crippen LogP contribution in [0.4, 0.5) is 0 Å². The third kappa shape index (κ3) is 1.78. The van der Waals surface area contributed by atoms with Crippen LogP contribution in [-0.2, 0) is 5.41 Å². The van der Waals surface area contributed by atoms with E-state index in [0.717, 1.165) is 17.8 Å². The third-order valence-corrected chi connectivity index (χ3v) is 4.59. The molecule has 2 saturated heterocycles. The SMILES string of the molecule is c1cc(-c2ccc([C@@]34CCCN(CC3)C4)nn2)co1. The van der Waals surface area contributed by atoms with Crippen molar-refractivity contribution in [2.24, 2.45) is 0 Å². The molecule has 2 bridgehead atoms. The molecule has 0 aliphatic carbocycles. The highest BCUT2D eigenvalue weighted by atomic mass is 16.3. The molecule has 2 fully saturated rings. The highest BCUT2D eigenvalue weighted by Crippen LogP contribution is 2.41. The van der Waals surface area contributed by atoms with Crippen molar-refractivity contribution in [2.45, 2.75) is 24.7 Å². The third-order valence-electron chi connectivity index (χ3n) is 4.59. The van der Waals surface area contributed by atoms with Gasteiger partial charge in [-0.05, 0) is 50.6 Å². The van der Waals surface area contributed by atoms with Crippen LogP contribution in [0, 0.1) is 0 Å². The zero-order valence-electron chi connectivity index (χ0n) is 10.9. The van der Waals surface area contributed by atoms with E-state index in [1.54, 1.807) is 12.5 Å². The lowest BCUT2D eigenvalue weighted by Crippen LogP contribution is -2.37. The second-order valence-electron chi connectivity index (χ2n) is 5.73. The molecule has 98 valence electrons. The zero-order valence-corrected chi connectivity index (χ0v) is 10.9. The molecule has 19 heavy (non-hydrogen) atoms. The minimum atomic E-state index is 0.264. The van der Waals surface area contributed by atoms with Gasteiger partial charge in [-0.25, -0.2) is 0 Å². The van der Waals surface area contributed by atoms with Gasteiger partial charge in [0.2, 0.25) is 0 Å². The Bertz CT molecular complexity index is 560. The summed E-state index contributed by atoms with van der Waals surface area (Å²) < 4.78 is 5.09. The van der Waals surface area contributed by atoms with Gasteiger partial charge in [0.15, 0.2) is 0 Å². The van der Waals surface area contributed by atoms with Crippen LogP contribution in [0.1, 0.15) is 25.0 Å². The number of aromatic nitrogens is 2. The van der Waals surface area contributed by atoms with E-state index in [4.69, 9.17) is 4.42 Å². The van der Waals surface area contributed by atoms with E-state index in [1.165, 1.54) is 38.0 Å². The fraction of sp³-hybridized carbons (Fsp3) is 0.467.